The Hall–Kier alpha value is -1.36. The standard InChI is InChI=1S/C14H23N5/c1-10-8-18-6-4-3-5-12(18)9-19(10)14-7-13(15)16-11(2)17-14/h7,10,12H,3-6,8-9H2,1-2H3,(H2,15,16,17). The van der Waals surface area contributed by atoms with Crippen molar-refractivity contribution in [2.75, 3.05) is 30.3 Å². The van der Waals surface area contributed by atoms with Gasteiger partial charge in [-0.3, -0.25) is 4.90 Å². The van der Waals surface area contributed by atoms with Crippen LogP contribution in [0, 0.1) is 6.92 Å². The summed E-state index contributed by atoms with van der Waals surface area (Å²) in [5, 5.41) is 0. The Kier molecular flexibility index (Phi) is 3.31. The number of rotatable bonds is 1. The van der Waals surface area contributed by atoms with Gasteiger partial charge in [-0.15, -0.1) is 0 Å². The van der Waals surface area contributed by atoms with E-state index in [2.05, 4.69) is 26.7 Å². The quantitative estimate of drug-likeness (QED) is 0.828. The number of nitrogen functional groups attached to an aromatic ring is 1. The summed E-state index contributed by atoms with van der Waals surface area (Å²) in [4.78, 5) is 13.8. The Balaban J connectivity index is 1.83. The van der Waals surface area contributed by atoms with Crippen LogP contribution in [0.2, 0.25) is 0 Å². The highest BCUT2D eigenvalue weighted by atomic mass is 15.3. The van der Waals surface area contributed by atoms with Crippen molar-refractivity contribution in [2.24, 2.45) is 0 Å². The molecule has 2 fully saturated rings. The van der Waals surface area contributed by atoms with Crippen LogP contribution in [0.5, 0.6) is 0 Å². The molecule has 1 aromatic heterocycles. The van der Waals surface area contributed by atoms with Gasteiger partial charge in [0.25, 0.3) is 0 Å². The van der Waals surface area contributed by atoms with Crippen molar-refractivity contribution in [1.29, 1.82) is 0 Å². The second kappa shape index (κ2) is 4.96. The molecule has 19 heavy (non-hydrogen) atoms. The molecule has 2 saturated heterocycles. The third kappa shape index (κ3) is 2.52. The Morgan fingerprint density at radius 1 is 1.26 bits per heavy atom. The summed E-state index contributed by atoms with van der Waals surface area (Å²) < 4.78 is 0. The molecule has 3 rings (SSSR count). The lowest BCUT2D eigenvalue weighted by molar-refractivity contribution is 0.115. The molecule has 0 amide bonds. The number of aryl methyl sites for hydroxylation is 1. The van der Waals surface area contributed by atoms with Crippen LogP contribution in [0.1, 0.15) is 32.0 Å². The minimum Gasteiger partial charge on any atom is -0.384 e. The molecule has 2 aliphatic heterocycles. The lowest BCUT2D eigenvalue weighted by Crippen LogP contribution is -2.59. The van der Waals surface area contributed by atoms with E-state index >= 15 is 0 Å². The van der Waals surface area contributed by atoms with Crippen LogP contribution in [0.4, 0.5) is 11.6 Å². The molecule has 0 aliphatic carbocycles. The van der Waals surface area contributed by atoms with Crippen molar-refractivity contribution in [2.45, 2.75) is 45.2 Å². The summed E-state index contributed by atoms with van der Waals surface area (Å²) in [5.74, 6) is 2.32. The highest BCUT2D eigenvalue weighted by molar-refractivity contribution is 5.48. The number of nitrogens with two attached hydrogens (primary N) is 1. The van der Waals surface area contributed by atoms with Crippen LogP contribution >= 0.6 is 0 Å². The zero-order valence-electron chi connectivity index (χ0n) is 11.8. The van der Waals surface area contributed by atoms with E-state index in [0.717, 1.165) is 24.7 Å². The normalized spacial score (nSPS) is 28.2. The molecule has 0 bridgehead atoms. The smallest absolute Gasteiger partial charge is 0.134 e. The van der Waals surface area contributed by atoms with Crippen LogP contribution in [0.3, 0.4) is 0 Å². The van der Waals surface area contributed by atoms with E-state index in [-0.39, 0.29) is 0 Å². The van der Waals surface area contributed by atoms with Gasteiger partial charge in [0.05, 0.1) is 0 Å². The Bertz CT molecular complexity index is 441. The fourth-order valence-corrected chi connectivity index (χ4v) is 3.39. The first-order valence-electron chi connectivity index (χ1n) is 7.25. The molecule has 1 aromatic rings. The van der Waals surface area contributed by atoms with Crippen molar-refractivity contribution in [1.82, 2.24) is 14.9 Å². The summed E-state index contributed by atoms with van der Waals surface area (Å²) in [7, 11) is 0. The SMILES string of the molecule is Cc1nc(N)cc(N2CC3CCCCN3CC2C)n1. The summed E-state index contributed by atoms with van der Waals surface area (Å²) in [6, 6.07) is 3.08. The number of hydrogen-bond acceptors (Lipinski definition) is 5. The number of hydrogen-bond donors (Lipinski definition) is 1. The number of nitrogens with zero attached hydrogens (tertiary/aromatic N) is 4. The van der Waals surface area contributed by atoms with Crippen molar-refractivity contribution in [3.63, 3.8) is 0 Å². The van der Waals surface area contributed by atoms with E-state index < -0.39 is 0 Å². The molecule has 0 aromatic carbocycles. The molecular weight excluding hydrogens is 238 g/mol. The Morgan fingerprint density at radius 3 is 2.89 bits per heavy atom. The molecule has 2 atom stereocenters. The van der Waals surface area contributed by atoms with E-state index in [1.165, 1.54) is 25.8 Å². The fraction of sp³-hybridized carbons (Fsp3) is 0.714. The van der Waals surface area contributed by atoms with E-state index in [9.17, 15) is 0 Å². The van der Waals surface area contributed by atoms with Gasteiger partial charge in [0, 0.05) is 31.2 Å². The van der Waals surface area contributed by atoms with Gasteiger partial charge >= 0.3 is 0 Å². The molecule has 0 spiro atoms. The van der Waals surface area contributed by atoms with E-state index in [0.29, 0.717) is 17.9 Å². The monoisotopic (exact) mass is 261 g/mol. The van der Waals surface area contributed by atoms with Crippen molar-refractivity contribution in [3.05, 3.63) is 11.9 Å². The Labute approximate surface area is 114 Å². The van der Waals surface area contributed by atoms with Gasteiger partial charge in [-0.1, -0.05) is 6.42 Å². The minimum absolute atomic E-state index is 0.489. The van der Waals surface area contributed by atoms with Crippen LogP contribution in [-0.4, -0.2) is 46.6 Å². The predicted octanol–water partition coefficient (Wildman–Crippen LogP) is 1.43. The minimum atomic E-state index is 0.489. The average molecular weight is 261 g/mol. The average Bonchev–Trinajstić information content (AvgIpc) is 2.36. The fourth-order valence-electron chi connectivity index (χ4n) is 3.39. The van der Waals surface area contributed by atoms with Crippen LogP contribution in [0.25, 0.3) is 0 Å². The van der Waals surface area contributed by atoms with Gasteiger partial charge < -0.3 is 10.6 Å². The van der Waals surface area contributed by atoms with Crippen LogP contribution < -0.4 is 10.6 Å². The zero-order valence-corrected chi connectivity index (χ0v) is 11.8. The highest BCUT2D eigenvalue weighted by Crippen LogP contribution is 2.27. The molecule has 0 saturated carbocycles. The van der Waals surface area contributed by atoms with Gasteiger partial charge in [-0.05, 0) is 33.2 Å². The summed E-state index contributed by atoms with van der Waals surface area (Å²) in [6.07, 6.45) is 4.01. The number of anilines is 2. The van der Waals surface area contributed by atoms with Gasteiger partial charge in [0.15, 0.2) is 0 Å². The number of fused-ring (bicyclic) bond motifs is 1. The lowest BCUT2D eigenvalue weighted by Gasteiger charge is -2.48. The maximum absolute atomic E-state index is 5.86. The largest absolute Gasteiger partial charge is 0.384 e. The molecule has 2 N–H and O–H groups in total. The van der Waals surface area contributed by atoms with Gasteiger partial charge in [0.1, 0.15) is 17.5 Å². The molecular formula is C14H23N5. The van der Waals surface area contributed by atoms with Gasteiger partial charge in [0.2, 0.25) is 0 Å². The molecule has 2 aliphatic rings. The second-order valence-corrected chi connectivity index (χ2v) is 5.84. The van der Waals surface area contributed by atoms with Gasteiger partial charge in [-0.2, -0.15) is 0 Å². The van der Waals surface area contributed by atoms with Crippen molar-refractivity contribution < 1.29 is 0 Å². The molecule has 2 unspecified atom stereocenters. The second-order valence-electron chi connectivity index (χ2n) is 5.84. The van der Waals surface area contributed by atoms with E-state index in [4.69, 9.17) is 5.73 Å². The maximum atomic E-state index is 5.86. The van der Waals surface area contributed by atoms with Crippen LogP contribution in [-0.2, 0) is 0 Å². The third-order valence-corrected chi connectivity index (χ3v) is 4.33. The molecule has 5 heteroatoms. The molecule has 0 radical (unpaired) electrons. The first-order chi connectivity index (χ1) is 9.13. The van der Waals surface area contributed by atoms with Gasteiger partial charge in [-0.25, -0.2) is 9.97 Å². The summed E-state index contributed by atoms with van der Waals surface area (Å²) in [5.41, 5.74) is 5.86. The first-order valence-corrected chi connectivity index (χ1v) is 7.25. The van der Waals surface area contributed by atoms with E-state index in [1.54, 1.807) is 0 Å². The van der Waals surface area contributed by atoms with Crippen molar-refractivity contribution in [3.8, 4) is 0 Å². The summed E-state index contributed by atoms with van der Waals surface area (Å²) >= 11 is 0. The predicted molar refractivity (Wildman–Crippen MR) is 77.2 cm³/mol. The molecule has 104 valence electrons. The number of aromatic nitrogens is 2. The number of piperazine rings is 1. The lowest BCUT2D eigenvalue weighted by atomic mass is 9.97. The summed E-state index contributed by atoms with van der Waals surface area (Å²) in [6.45, 7) is 7.64. The first kappa shape index (κ1) is 12.7. The topological polar surface area (TPSA) is 58.3 Å². The zero-order chi connectivity index (χ0) is 13.4. The number of piperidine rings is 1. The van der Waals surface area contributed by atoms with E-state index in [1.807, 2.05) is 13.0 Å². The molecule has 5 nitrogen and oxygen atoms in total. The highest BCUT2D eigenvalue weighted by Gasteiger charge is 2.33. The third-order valence-electron chi connectivity index (χ3n) is 4.33. The Morgan fingerprint density at radius 2 is 2.11 bits per heavy atom. The van der Waals surface area contributed by atoms with Crippen molar-refractivity contribution >= 4 is 11.6 Å². The maximum Gasteiger partial charge on any atom is 0.134 e. The molecule has 3 heterocycles. The van der Waals surface area contributed by atoms with Crippen LogP contribution in [0.15, 0.2) is 6.07 Å².